The van der Waals surface area contributed by atoms with Crippen LogP contribution < -0.4 is 4.74 Å². The minimum absolute atomic E-state index is 0.191. The second kappa shape index (κ2) is 49.0. The van der Waals surface area contributed by atoms with Gasteiger partial charge in [0.05, 0.1) is 16.4 Å². The van der Waals surface area contributed by atoms with Gasteiger partial charge in [-0.15, -0.1) is 87.3 Å². The van der Waals surface area contributed by atoms with E-state index in [2.05, 4.69) is 381 Å². The summed E-state index contributed by atoms with van der Waals surface area (Å²) in [7, 11) is 0. The van der Waals surface area contributed by atoms with Crippen LogP contribution in [0.5, 0.6) is 5.75 Å². The summed E-state index contributed by atoms with van der Waals surface area (Å²) in [5.41, 5.74) is 23.1. The van der Waals surface area contributed by atoms with Crippen LogP contribution in [0.3, 0.4) is 0 Å². The van der Waals surface area contributed by atoms with Gasteiger partial charge in [0.2, 0.25) is 0 Å². The Morgan fingerprint density at radius 2 is 0.781 bits per heavy atom. The summed E-state index contributed by atoms with van der Waals surface area (Å²) in [6.45, 7) is 41.0. The Labute approximate surface area is 794 Å². The fraction of sp³-hybridized carbons (Fsp3) is 0.206. The average molecular weight is 1850 g/mol. The predicted molar refractivity (Wildman–Crippen MR) is 548 cm³/mol. The van der Waals surface area contributed by atoms with Gasteiger partial charge < -0.3 is 4.74 Å². The highest BCUT2D eigenvalue weighted by Gasteiger charge is 2.20. The van der Waals surface area contributed by atoms with Gasteiger partial charge in [0.25, 0.3) is 0 Å². The van der Waals surface area contributed by atoms with Gasteiger partial charge in [-0.1, -0.05) is 233 Å². The number of thiazole rings is 1. The van der Waals surface area contributed by atoms with Crippen LogP contribution >= 0.6 is 104 Å². The van der Waals surface area contributed by atoms with Crippen molar-refractivity contribution in [3.63, 3.8) is 0 Å². The molecule has 21 heteroatoms. The lowest BCUT2D eigenvalue weighted by Crippen LogP contribution is -2.14. The van der Waals surface area contributed by atoms with E-state index in [0.29, 0.717) is 11.6 Å². The second-order valence-electron chi connectivity index (χ2n) is 30.9. The first-order valence-electron chi connectivity index (χ1n) is 42.0. The van der Waals surface area contributed by atoms with Crippen molar-refractivity contribution >= 4 is 104 Å². The van der Waals surface area contributed by atoms with Gasteiger partial charge in [-0.05, 0) is 291 Å². The van der Waals surface area contributed by atoms with Gasteiger partial charge in [-0.2, -0.15) is 0 Å². The molecule has 0 saturated carbocycles. The molecule has 1 atom stereocenters. The van der Waals surface area contributed by atoms with Crippen LogP contribution in [0.4, 0.5) is 0 Å². The van der Waals surface area contributed by atoms with Crippen LogP contribution in [0.25, 0.3) is 54.5 Å². The number of allylic oxidation sites excluding steroid dienone is 2. The zero-order chi connectivity index (χ0) is 91.2. The highest BCUT2D eigenvalue weighted by Crippen LogP contribution is 2.51. The number of aromatic nitrogens is 11. The molecule has 3 aliphatic rings. The van der Waals surface area contributed by atoms with Gasteiger partial charge in [0, 0.05) is 97.3 Å². The zero-order valence-corrected chi connectivity index (χ0v) is 83.7. The predicted octanol–water partition coefficient (Wildman–Crippen LogP) is 31.6. The number of nitrogens with zero attached hydrogens (tertiary/aromatic N) is 11. The molecule has 10 heterocycles. The Hall–Kier alpha value is -11.0. The number of ether oxygens (including phenoxy) is 1. The fourth-order valence-corrected chi connectivity index (χ4v) is 21.7. The topological polar surface area (TPSA) is 151 Å². The third-order valence-corrected chi connectivity index (χ3v) is 29.5. The van der Waals surface area contributed by atoms with E-state index in [0.717, 1.165) is 55.7 Å². The molecule has 2 aliphatic heterocycles. The Balaban J connectivity index is 0.000000140. The first kappa shape index (κ1) is 97.7. The van der Waals surface area contributed by atoms with Crippen molar-refractivity contribution in [2.24, 2.45) is 0 Å². The van der Waals surface area contributed by atoms with E-state index in [9.17, 15) is 0 Å². The number of hydrogen-bond donors (Lipinski definition) is 0. The van der Waals surface area contributed by atoms with E-state index in [-0.39, 0.29) is 6.10 Å². The lowest BCUT2D eigenvalue weighted by Gasteiger charge is -2.20. The third-order valence-electron chi connectivity index (χ3n) is 19.3. The molecular formula is C107H109N11OS9. The van der Waals surface area contributed by atoms with Gasteiger partial charge in [-0.25, -0.2) is 24.9 Å². The number of rotatable bonds is 7. The van der Waals surface area contributed by atoms with Crippen LogP contribution in [0.2, 0.25) is 0 Å². The Morgan fingerprint density at radius 1 is 0.320 bits per heavy atom. The van der Waals surface area contributed by atoms with Gasteiger partial charge >= 0.3 is 0 Å². The average Bonchev–Trinajstić information content (AvgIpc) is 0.876. The molecular weight excluding hydrogens is 1740 g/mol. The number of hydrogen-bond acceptors (Lipinski definition) is 21. The molecule has 1 aliphatic carbocycles. The normalized spacial score (nSPS) is 12.0. The van der Waals surface area contributed by atoms with Crippen molar-refractivity contribution < 1.29 is 4.74 Å². The van der Waals surface area contributed by atoms with Gasteiger partial charge in [-0.3, -0.25) is 0 Å². The number of fused-ring (bicyclic) bond motifs is 4. The van der Waals surface area contributed by atoms with Crippen LogP contribution in [-0.4, -0.2) is 61.6 Å². The lowest BCUT2D eigenvalue weighted by atomic mass is 9.99. The van der Waals surface area contributed by atoms with Crippen molar-refractivity contribution in [2.45, 2.75) is 190 Å². The van der Waals surface area contributed by atoms with E-state index in [1.54, 1.807) is 49.2 Å². The summed E-state index contributed by atoms with van der Waals surface area (Å²) < 4.78 is 5.83. The zero-order valence-electron chi connectivity index (χ0n) is 76.3. The van der Waals surface area contributed by atoms with Crippen LogP contribution in [0, 0.1) is 132 Å². The molecule has 0 saturated heterocycles. The van der Waals surface area contributed by atoms with Crippen molar-refractivity contribution in [3.05, 3.63) is 387 Å². The summed E-state index contributed by atoms with van der Waals surface area (Å²) in [6, 6.07) is 86.1. The van der Waals surface area contributed by atoms with E-state index in [4.69, 9.17) is 4.74 Å². The number of benzene rings is 9. The molecule has 0 bridgehead atoms. The minimum atomic E-state index is 0.191. The van der Waals surface area contributed by atoms with Crippen LogP contribution in [-0.2, 0) is 0 Å². The Morgan fingerprint density at radius 3 is 1.20 bits per heavy atom. The number of aryl methyl sites for hydroxylation is 19. The molecule has 9 aromatic carbocycles. The molecule has 20 rings (SSSR count). The van der Waals surface area contributed by atoms with Crippen molar-refractivity contribution in [2.75, 3.05) is 0 Å². The van der Waals surface area contributed by atoms with E-state index in [1.807, 2.05) is 147 Å². The molecule has 0 radical (unpaired) electrons. The molecule has 17 aromatic rings. The van der Waals surface area contributed by atoms with Crippen molar-refractivity contribution in [3.8, 4) is 60.3 Å². The van der Waals surface area contributed by atoms with Gasteiger partial charge in [0.1, 0.15) is 34.5 Å². The summed E-state index contributed by atoms with van der Waals surface area (Å²) in [4.78, 5) is 40.0. The third kappa shape index (κ3) is 31.2. The Bertz CT molecular complexity index is 6250. The molecule has 0 fully saturated rings. The summed E-state index contributed by atoms with van der Waals surface area (Å²) in [6.07, 6.45) is 10.7. The van der Waals surface area contributed by atoms with Crippen molar-refractivity contribution in [1.29, 1.82) is 0 Å². The molecule has 8 aromatic heterocycles. The highest BCUT2D eigenvalue weighted by atomic mass is 32.2. The van der Waals surface area contributed by atoms with Gasteiger partial charge in [0.15, 0.2) is 11.6 Å². The SMILES string of the molecule is CC1=CCC(Oc2ccc(C)cc2)C=C1.Cc1cc(-c2cc(C)ncn2)ncn1.Cc1cc(-c2ccccc2)c(C)s1.Cc1ccc(-c2ccc(C)s2)s1.Cc1ccc2c(c1)Sc1c(C)cccc1S2.Cc1ccc2c(c1)Sc1cccc(C)c1S2.Cc1cccc(-c2ccc(-c3cccc(C)c3)cc2)c1.Cc1csc(C)n1.Cc1nnc(C)nn1.Cc1nnc(C)s1. The van der Waals surface area contributed by atoms with E-state index in [1.165, 1.54) is 146 Å². The largest absolute Gasteiger partial charge is 0.486 e. The first-order chi connectivity index (χ1) is 61.6. The molecule has 0 spiro atoms. The molecule has 128 heavy (non-hydrogen) atoms. The van der Waals surface area contributed by atoms with E-state index < -0.39 is 0 Å². The maximum atomic E-state index is 5.83. The second-order valence-corrected chi connectivity index (χ2v) is 41.6. The van der Waals surface area contributed by atoms with Crippen LogP contribution in [0.1, 0.15) is 116 Å². The van der Waals surface area contributed by atoms with Crippen LogP contribution in [0.15, 0.2) is 324 Å². The molecule has 652 valence electrons. The minimum Gasteiger partial charge on any atom is -0.486 e. The monoisotopic (exact) mass is 1850 g/mol. The first-order valence-corrected chi connectivity index (χ1v) is 49.4. The quantitative estimate of drug-likeness (QED) is 0.149. The summed E-state index contributed by atoms with van der Waals surface area (Å²) >= 11 is 16.5. The summed E-state index contributed by atoms with van der Waals surface area (Å²) in [5, 5.41) is 27.5. The fourth-order valence-electron chi connectivity index (χ4n) is 12.8. The van der Waals surface area contributed by atoms with E-state index >= 15 is 0 Å². The standard InChI is InChI=1S/C20H18.C14H16O.2C14H12S2.C12H12S.C10H10N4.C10H10S2.C5H7NS.C4H6N4.C4H6N2S/c1-15-5-3-7-19(13-15)17-9-11-18(12-10-17)20-8-4-6-16(2)14-20;1-11-3-7-13(8-4-11)15-14-9-5-12(2)6-10-14;1-9-6-7-11-13(8-9)15-12-5-3-4-10(2)14(12)16-11;1-9-6-7-11-13(8-9)16-14-10(2)4-3-5-12(14)15-11;1-9-8-12(10(2)13-9)11-6-4-3-5-7-11;1-7-3-9(13-5-11-7)10-4-8(2)12-6-14-10;1-7-3-5-9(11-7)10-6-4-8(2)12-10;1-4-3-7-5(2)6-4;1-3-5-7-4(2)8-6-3;1-3-5-6-4(2)7-3/h3-14H,1-2H3;3-9,14H,10H2,1-2H3;2*3-8H,1-2H3;3-8H,1-2H3;3-6H,1-2H3;3-6H,1-2H3;3H,1-2H3;1-2H3;1-2H3. The lowest BCUT2D eigenvalue weighted by molar-refractivity contribution is 0.251. The summed E-state index contributed by atoms with van der Waals surface area (Å²) in [5.74, 6) is 2.16. The van der Waals surface area contributed by atoms with Crippen molar-refractivity contribution in [1.82, 2.24) is 55.5 Å². The molecule has 1 unspecified atom stereocenters. The molecule has 0 N–H and O–H groups in total. The maximum absolute atomic E-state index is 5.83. The smallest absolute Gasteiger partial charge is 0.170 e. The number of thiophene rings is 3. The Kier molecular flexibility index (Phi) is 37.4. The maximum Gasteiger partial charge on any atom is 0.170 e. The molecule has 0 amide bonds. The molecule has 12 nitrogen and oxygen atoms in total. The highest BCUT2D eigenvalue weighted by molar-refractivity contribution is 8.05.